The normalized spacial score (nSPS) is 13.1. The Kier molecular flexibility index (Phi) is 10.5. The van der Waals surface area contributed by atoms with Crippen molar-refractivity contribution >= 4 is 17.5 Å². The zero-order valence-corrected chi connectivity index (χ0v) is 23.0. The van der Waals surface area contributed by atoms with E-state index in [4.69, 9.17) is 0 Å². The number of phenolic OH excluding ortho intramolecular Hbond substituents is 2. The SMILES string of the molecule is CC(=O)[C@H](SCC(O)c1ccc(C)cc1)C(C)c1ccc(O)cc1O.Cc1ccc(-c2cccnc2)cc1. The van der Waals surface area contributed by atoms with E-state index in [1.807, 2.05) is 50.4 Å². The van der Waals surface area contributed by atoms with Crippen molar-refractivity contribution in [3.8, 4) is 22.6 Å². The fraction of sp³-hybridized carbons (Fsp3) is 0.250. The van der Waals surface area contributed by atoms with Gasteiger partial charge in [0.15, 0.2) is 0 Å². The number of ketones is 1. The summed E-state index contributed by atoms with van der Waals surface area (Å²) in [6.07, 6.45) is 3.01. The number of rotatable bonds is 8. The quantitative estimate of drug-likeness (QED) is 0.228. The van der Waals surface area contributed by atoms with E-state index in [0.29, 0.717) is 11.3 Å². The zero-order valence-electron chi connectivity index (χ0n) is 22.2. The number of hydrogen-bond acceptors (Lipinski definition) is 6. The molecule has 3 aromatic carbocycles. The molecule has 198 valence electrons. The van der Waals surface area contributed by atoms with Crippen molar-refractivity contribution in [2.24, 2.45) is 0 Å². The lowest BCUT2D eigenvalue weighted by Crippen LogP contribution is -2.22. The predicted molar refractivity (Wildman–Crippen MR) is 156 cm³/mol. The van der Waals surface area contributed by atoms with Crippen LogP contribution in [-0.2, 0) is 4.79 Å². The maximum Gasteiger partial charge on any atom is 0.143 e. The first kappa shape index (κ1) is 29.0. The Bertz CT molecular complexity index is 1310. The molecule has 0 saturated carbocycles. The molecule has 3 N–H and O–H groups in total. The molecule has 0 aliphatic carbocycles. The lowest BCUT2D eigenvalue weighted by Gasteiger charge is -2.23. The summed E-state index contributed by atoms with van der Waals surface area (Å²) in [6, 6.07) is 24.5. The number of aliphatic hydroxyl groups is 1. The van der Waals surface area contributed by atoms with Gasteiger partial charge in [0.25, 0.3) is 0 Å². The highest BCUT2D eigenvalue weighted by Crippen LogP contribution is 2.37. The van der Waals surface area contributed by atoms with E-state index in [9.17, 15) is 20.1 Å². The van der Waals surface area contributed by atoms with Crippen LogP contribution in [0.5, 0.6) is 11.5 Å². The topological polar surface area (TPSA) is 90.7 Å². The van der Waals surface area contributed by atoms with Crippen molar-refractivity contribution in [2.45, 2.75) is 45.0 Å². The standard InChI is InChI=1S/C20H24O4S.C12H11N/c1-12-4-6-15(7-5-12)19(24)11-25-20(14(3)21)13(2)17-9-8-16(22)10-18(17)23;1-10-4-6-11(7-5-10)12-3-2-8-13-9-12/h4-10,13,19-20,22-24H,11H2,1-3H3;2-9H,1H3/t13?,19?,20-;/m1./s1. The smallest absolute Gasteiger partial charge is 0.143 e. The largest absolute Gasteiger partial charge is 0.508 e. The Balaban J connectivity index is 0.000000256. The minimum Gasteiger partial charge on any atom is -0.508 e. The molecule has 0 amide bonds. The molecule has 2 unspecified atom stereocenters. The van der Waals surface area contributed by atoms with Crippen molar-refractivity contribution in [3.63, 3.8) is 0 Å². The van der Waals surface area contributed by atoms with Gasteiger partial charge < -0.3 is 15.3 Å². The highest BCUT2D eigenvalue weighted by molar-refractivity contribution is 8.00. The second kappa shape index (κ2) is 13.8. The maximum absolute atomic E-state index is 12.1. The van der Waals surface area contributed by atoms with Gasteiger partial charge in [-0.15, -0.1) is 11.8 Å². The average molecular weight is 530 g/mol. The first-order valence-corrected chi connectivity index (χ1v) is 13.6. The van der Waals surface area contributed by atoms with Gasteiger partial charge in [-0.05, 0) is 55.2 Å². The van der Waals surface area contributed by atoms with Crippen LogP contribution >= 0.6 is 11.8 Å². The highest BCUT2D eigenvalue weighted by atomic mass is 32.2. The molecule has 0 fully saturated rings. The van der Waals surface area contributed by atoms with Crippen molar-refractivity contribution < 1.29 is 20.1 Å². The van der Waals surface area contributed by atoms with Crippen molar-refractivity contribution in [3.05, 3.63) is 114 Å². The van der Waals surface area contributed by atoms with E-state index in [-0.39, 0.29) is 23.2 Å². The van der Waals surface area contributed by atoms with Crippen LogP contribution in [0.2, 0.25) is 0 Å². The molecule has 4 rings (SSSR count). The van der Waals surface area contributed by atoms with Gasteiger partial charge in [0, 0.05) is 30.1 Å². The van der Waals surface area contributed by atoms with E-state index in [1.165, 1.54) is 47.5 Å². The van der Waals surface area contributed by atoms with Crippen molar-refractivity contribution in [1.29, 1.82) is 0 Å². The number of aryl methyl sites for hydroxylation is 2. The van der Waals surface area contributed by atoms with E-state index < -0.39 is 11.4 Å². The zero-order chi connectivity index (χ0) is 27.7. The van der Waals surface area contributed by atoms with Gasteiger partial charge >= 0.3 is 0 Å². The molecule has 0 bridgehead atoms. The molecular weight excluding hydrogens is 494 g/mol. The second-order valence-electron chi connectivity index (χ2n) is 9.43. The summed E-state index contributed by atoms with van der Waals surface area (Å²) in [5.74, 6) is 0.0827. The van der Waals surface area contributed by atoms with Crippen LogP contribution in [-0.4, -0.2) is 37.1 Å². The summed E-state index contributed by atoms with van der Waals surface area (Å²) in [4.78, 5) is 16.2. The van der Waals surface area contributed by atoms with Crippen LogP contribution in [0, 0.1) is 13.8 Å². The summed E-state index contributed by atoms with van der Waals surface area (Å²) in [5.41, 5.74) is 6.23. The monoisotopic (exact) mass is 529 g/mol. The molecule has 1 aromatic heterocycles. The number of aromatic nitrogens is 1. The van der Waals surface area contributed by atoms with E-state index in [0.717, 1.165) is 11.1 Å². The molecular formula is C32H35NO4S. The van der Waals surface area contributed by atoms with E-state index >= 15 is 0 Å². The molecule has 0 aliphatic heterocycles. The predicted octanol–water partition coefficient (Wildman–Crippen LogP) is 6.99. The first-order valence-electron chi connectivity index (χ1n) is 12.5. The summed E-state index contributed by atoms with van der Waals surface area (Å²) in [7, 11) is 0. The molecule has 0 radical (unpaired) electrons. The number of hydrogen-bond donors (Lipinski definition) is 3. The number of thioether (sulfide) groups is 1. The lowest BCUT2D eigenvalue weighted by atomic mass is 9.94. The van der Waals surface area contributed by atoms with Crippen LogP contribution in [0.4, 0.5) is 0 Å². The van der Waals surface area contributed by atoms with Crippen molar-refractivity contribution in [1.82, 2.24) is 4.98 Å². The molecule has 1 heterocycles. The number of carbonyl (C=O) groups is 1. The Labute approximate surface area is 229 Å². The minimum absolute atomic E-state index is 0.0129. The number of aliphatic hydroxyl groups excluding tert-OH is 1. The number of pyridine rings is 1. The summed E-state index contributed by atoms with van der Waals surface area (Å²) in [5, 5.41) is 29.4. The van der Waals surface area contributed by atoms with Crippen molar-refractivity contribution in [2.75, 3.05) is 5.75 Å². The van der Waals surface area contributed by atoms with Crippen LogP contribution in [0.15, 0.2) is 91.3 Å². The fourth-order valence-corrected chi connectivity index (χ4v) is 5.31. The number of benzene rings is 3. The van der Waals surface area contributed by atoms with E-state index in [1.54, 1.807) is 12.3 Å². The Hall–Kier alpha value is -3.61. The number of nitrogens with zero attached hydrogens (tertiary/aromatic N) is 1. The van der Waals surface area contributed by atoms with Crippen LogP contribution in [0.3, 0.4) is 0 Å². The number of phenols is 2. The molecule has 4 aromatic rings. The minimum atomic E-state index is -0.659. The molecule has 38 heavy (non-hydrogen) atoms. The molecule has 6 heteroatoms. The molecule has 0 spiro atoms. The van der Waals surface area contributed by atoms with Gasteiger partial charge in [0.2, 0.25) is 0 Å². The van der Waals surface area contributed by atoms with Gasteiger partial charge in [-0.3, -0.25) is 9.78 Å². The third-order valence-corrected chi connectivity index (χ3v) is 7.91. The fourth-order valence-electron chi connectivity index (χ4n) is 4.05. The molecule has 5 nitrogen and oxygen atoms in total. The Morgan fingerprint density at radius 1 is 0.895 bits per heavy atom. The van der Waals surface area contributed by atoms with Gasteiger partial charge in [0.1, 0.15) is 17.3 Å². The Morgan fingerprint density at radius 3 is 2.08 bits per heavy atom. The third-order valence-electron chi connectivity index (χ3n) is 6.30. The third kappa shape index (κ3) is 8.20. The van der Waals surface area contributed by atoms with Crippen LogP contribution in [0.1, 0.15) is 48.1 Å². The van der Waals surface area contributed by atoms with Crippen LogP contribution < -0.4 is 0 Å². The van der Waals surface area contributed by atoms with Gasteiger partial charge in [0.05, 0.1) is 11.4 Å². The van der Waals surface area contributed by atoms with Gasteiger partial charge in [-0.25, -0.2) is 0 Å². The molecule has 0 aliphatic rings. The molecule has 0 saturated heterocycles. The Morgan fingerprint density at radius 2 is 1.53 bits per heavy atom. The highest BCUT2D eigenvalue weighted by Gasteiger charge is 2.27. The summed E-state index contributed by atoms with van der Waals surface area (Å²) < 4.78 is 0. The lowest BCUT2D eigenvalue weighted by molar-refractivity contribution is -0.116. The van der Waals surface area contributed by atoms with Crippen LogP contribution in [0.25, 0.3) is 11.1 Å². The average Bonchev–Trinajstić information content (AvgIpc) is 2.90. The second-order valence-corrected chi connectivity index (χ2v) is 10.6. The summed E-state index contributed by atoms with van der Waals surface area (Å²) >= 11 is 1.38. The van der Waals surface area contributed by atoms with E-state index in [2.05, 4.69) is 42.2 Å². The summed E-state index contributed by atoms with van der Waals surface area (Å²) in [6.45, 7) is 7.46. The number of aromatic hydroxyl groups is 2. The van der Waals surface area contributed by atoms with Gasteiger partial charge in [-0.2, -0.15) is 0 Å². The molecule has 3 atom stereocenters. The first-order chi connectivity index (χ1) is 18.2. The maximum atomic E-state index is 12.1. The number of carbonyl (C=O) groups excluding carboxylic acids is 1. The van der Waals surface area contributed by atoms with Gasteiger partial charge in [-0.1, -0.05) is 78.7 Å². The number of Topliss-reactive ketones (excluding diaryl/α,β-unsaturated/α-hetero) is 1.